The molecule has 0 aliphatic heterocycles. The number of rotatable bonds is 3. The van der Waals surface area contributed by atoms with Gasteiger partial charge < -0.3 is 9.72 Å². The van der Waals surface area contributed by atoms with E-state index in [-0.39, 0.29) is 11.8 Å². The highest BCUT2D eigenvalue weighted by Gasteiger charge is 2.08. The monoisotopic (exact) mass is 231 g/mol. The first-order valence-electron chi connectivity index (χ1n) is 5.79. The van der Waals surface area contributed by atoms with Gasteiger partial charge in [0.1, 0.15) is 5.65 Å². The molecule has 90 valence electrons. The highest BCUT2D eigenvalue weighted by molar-refractivity contribution is 5.77. The Morgan fingerprint density at radius 3 is 2.88 bits per heavy atom. The Labute approximate surface area is 101 Å². The summed E-state index contributed by atoms with van der Waals surface area (Å²) in [7, 11) is 0. The van der Waals surface area contributed by atoms with Crippen LogP contribution in [0.15, 0.2) is 24.4 Å². The van der Waals surface area contributed by atoms with Crippen LogP contribution < -0.4 is 5.32 Å². The van der Waals surface area contributed by atoms with E-state index < -0.39 is 0 Å². The molecule has 17 heavy (non-hydrogen) atoms. The van der Waals surface area contributed by atoms with Crippen LogP contribution in [0.2, 0.25) is 0 Å². The summed E-state index contributed by atoms with van der Waals surface area (Å²) in [5, 5.41) is 2.86. The van der Waals surface area contributed by atoms with Crippen molar-refractivity contribution in [1.82, 2.24) is 14.7 Å². The molecule has 2 rings (SSSR count). The standard InChI is InChI=1S/C13H17N3O/c1-9(2)13(17)14-7-11-8-16-10(3)5-4-6-12(16)15-11/h4-6,8-9H,7H2,1-3H3,(H,14,17). The SMILES string of the molecule is Cc1cccc2nc(CNC(=O)C(C)C)cn12. The fourth-order valence-corrected chi connectivity index (χ4v) is 1.67. The highest BCUT2D eigenvalue weighted by Crippen LogP contribution is 2.08. The Bertz CT molecular complexity index is 543. The number of pyridine rings is 1. The second kappa shape index (κ2) is 4.57. The summed E-state index contributed by atoms with van der Waals surface area (Å²) in [6.07, 6.45) is 1.96. The van der Waals surface area contributed by atoms with Crippen molar-refractivity contribution in [1.29, 1.82) is 0 Å². The minimum absolute atomic E-state index is 0.00812. The number of imidazole rings is 1. The van der Waals surface area contributed by atoms with Crippen LogP contribution in [0.4, 0.5) is 0 Å². The molecule has 2 aromatic rings. The number of nitrogens with one attached hydrogen (secondary N) is 1. The van der Waals surface area contributed by atoms with Crippen LogP contribution in [0.5, 0.6) is 0 Å². The Morgan fingerprint density at radius 2 is 2.24 bits per heavy atom. The van der Waals surface area contributed by atoms with Crippen molar-refractivity contribution < 1.29 is 4.79 Å². The number of fused-ring (bicyclic) bond motifs is 1. The van der Waals surface area contributed by atoms with Crippen LogP contribution in [0.1, 0.15) is 25.2 Å². The molecule has 0 radical (unpaired) electrons. The van der Waals surface area contributed by atoms with Crippen LogP contribution in [0.25, 0.3) is 5.65 Å². The average Bonchev–Trinajstić information content (AvgIpc) is 2.70. The van der Waals surface area contributed by atoms with Gasteiger partial charge in [-0.3, -0.25) is 4.79 Å². The van der Waals surface area contributed by atoms with Crippen molar-refractivity contribution in [2.24, 2.45) is 5.92 Å². The van der Waals surface area contributed by atoms with E-state index in [4.69, 9.17) is 0 Å². The summed E-state index contributed by atoms with van der Waals surface area (Å²) in [4.78, 5) is 15.9. The molecule has 4 heteroatoms. The summed E-state index contributed by atoms with van der Waals surface area (Å²) in [6.45, 7) is 6.27. The number of nitrogens with zero attached hydrogens (tertiary/aromatic N) is 2. The van der Waals surface area contributed by atoms with Gasteiger partial charge in [0.05, 0.1) is 12.2 Å². The van der Waals surface area contributed by atoms with Crippen molar-refractivity contribution in [3.8, 4) is 0 Å². The first-order chi connectivity index (χ1) is 8.08. The van der Waals surface area contributed by atoms with Gasteiger partial charge in [0.25, 0.3) is 0 Å². The first kappa shape index (κ1) is 11.6. The number of carbonyl (C=O) groups excluding carboxylic acids is 1. The summed E-state index contributed by atoms with van der Waals surface area (Å²) < 4.78 is 2.02. The third-order valence-corrected chi connectivity index (χ3v) is 2.71. The molecule has 0 aliphatic carbocycles. The molecule has 0 fully saturated rings. The normalized spacial score (nSPS) is 11.1. The quantitative estimate of drug-likeness (QED) is 0.877. The van der Waals surface area contributed by atoms with Gasteiger partial charge in [-0.05, 0) is 19.1 Å². The zero-order chi connectivity index (χ0) is 12.4. The molecule has 0 unspecified atom stereocenters. The summed E-state index contributed by atoms with van der Waals surface area (Å²) in [6, 6.07) is 5.97. The molecule has 0 bridgehead atoms. The summed E-state index contributed by atoms with van der Waals surface area (Å²) in [5.41, 5.74) is 2.93. The third-order valence-electron chi connectivity index (χ3n) is 2.71. The van der Waals surface area contributed by atoms with E-state index in [9.17, 15) is 4.79 Å². The van der Waals surface area contributed by atoms with Crippen molar-refractivity contribution in [3.05, 3.63) is 35.8 Å². The molecule has 0 spiro atoms. The van der Waals surface area contributed by atoms with Crippen LogP contribution in [-0.2, 0) is 11.3 Å². The number of hydrogen-bond acceptors (Lipinski definition) is 2. The lowest BCUT2D eigenvalue weighted by molar-refractivity contribution is -0.124. The maximum Gasteiger partial charge on any atom is 0.222 e. The molecule has 0 saturated carbocycles. The Balaban J connectivity index is 2.15. The maximum atomic E-state index is 11.5. The molecule has 2 heterocycles. The third kappa shape index (κ3) is 2.46. The van der Waals surface area contributed by atoms with Gasteiger partial charge in [0.15, 0.2) is 0 Å². The van der Waals surface area contributed by atoms with Gasteiger partial charge in [0.2, 0.25) is 5.91 Å². The fraction of sp³-hybridized carbons (Fsp3) is 0.385. The lowest BCUT2D eigenvalue weighted by Crippen LogP contribution is -2.27. The first-order valence-corrected chi connectivity index (χ1v) is 5.79. The van der Waals surface area contributed by atoms with Gasteiger partial charge in [0, 0.05) is 17.8 Å². The van der Waals surface area contributed by atoms with Gasteiger partial charge in [-0.25, -0.2) is 4.98 Å². The summed E-state index contributed by atoms with van der Waals surface area (Å²) in [5.74, 6) is 0.0625. The Morgan fingerprint density at radius 1 is 1.47 bits per heavy atom. The molecule has 0 atom stereocenters. The second-order valence-corrected chi connectivity index (χ2v) is 4.50. The maximum absolute atomic E-state index is 11.5. The Hall–Kier alpha value is -1.84. The summed E-state index contributed by atoms with van der Waals surface area (Å²) >= 11 is 0. The number of hydrogen-bond donors (Lipinski definition) is 1. The second-order valence-electron chi connectivity index (χ2n) is 4.50. The zero-order valence-electron chi connectivity index (χ0n) is 10.4. The average molecular weight is 231 g/mol. The van der Waals surface area contributed by atoms with Crippen molar-refractivity contribution in [2.45, 2.75) is 27.3 Å². The minimum atomic E-state index is 0.00812. The minimum Gasteiger partial charge on any atom is -0.350 e. The van der Waals surface area contributed by atoms with Crippen LogP contribution in [0, 0.1) is 12.8 Å². The predicted molar refractivity (Wildman–Crippen MR) is 66.6 cm³/mol. The molecule has 0 aromatic carbocycles. The van der Waals surface area contributed by atoms with Gasteiger partial charge in [-0.2, -0.15) is 0 Å². The van der Waals surface area contributed by atoms with E-state index in [1.165, 1.54) is 0 Å². The van der Waals surface area contributed by atoms with Gasteiger partial charge in [-0.15, -0.1) is 0 Å². The predicted octanol–water partition coefficient (Wildman–Crippen LogP) is 1.91. The fourth-order valence-electron chi connectivity index (χ4n) is 1.67. The van der Waals surface area contributed by atoms with Crippen molar-refractivity contribution in [3.63, 3.8) is 0 Å². The van der Waals surface area contributed by atoms with Crippen molar-refractivity contribution >= 4 is 11.6 Å². The number of amides is 1. The van der Waals surface area contributed by atoms with E-state index in [0.29, 0.717) is 6.54 Å². The molecule has 0 saturated heterocycles. The number of aromatic nitrogens is 2. The molecule has 0 aliphatic rings. The van der Waals surface area contributed by atoms with Crippen LogP contribution in [0.3, 0.4) is 0 Å². The van der Waals surface area contributed by atoms with E-state index in [1.54, 1.807) is 0 Å². The molecular formula is C13H17N3O. The van der Waals surface area contributed by atoms with E-state index in [2.05, 4.69) is 10.3 Å². The van der Waals surface area contributed by atoms with Crippen molar-refractivity contribution in [2.75, 3.05) is 0 Å². The lowest BCUT2D eigenvalue weighted by Gasteiger charge is -2.04. The van der Waals surface area contributed by atoms with E-state index >= 15 is 0 Å². The van der Waals surface area contributed by atoms with Gasteiger partial charge >= 0.3 is 0 Å². The van der Waals surface area contributed by atoms with Crippen LogP contribution in [-0.4, -0.2) is 15.3 Å². The number of carbonyl (C=O) groups is 1. The zero-order valence-corrected chi connectivity index (χ0v) is 10.4. The van der Waals surface area contributed by atoms with Crippen LogP contribution >= 0.6 is 0 Å². The largest absolute Gasteiger partial charge is 0.350 e. The molecule has 4 nitrogen and oxygen atoms in total. The van der Waals surface area contributed by atoms with E-state index in [1.807, 2.05) is 49.6 Å². The lowest BCUT2D eigenvalue weighted by atomic mass is 10.2. The highest BCUT2D eigenvalue weighted by atomic mass is 16.1. The molecule has 2 aromatic heterocycles. The number of aryl methyl sites for hydroxylation is 1. The molecular weight excluding hydrogens is 214 g/mol. The molecule has 1 N–H and O–H groups in total. The molecule has 1 amide bonds. The Kier molecular flexibility index (Phi) is 3.13. The smallest absolute Gasteiger partial charge is 0.222 e. The topological polar surface area (TPSA) is 46.4 Å². The van der Waals surface area contributed by atoms with Gasteiger partial charge in [-0.1, -0.05) is 19.9 Å². The van der Waals surface area contributed by atoms with E-state index in [0.717, 1.165) is 17.0 Å².